The number of carbonyl (C=O) groups is 2. The number of ether oxygens (including phenoxy) is 2. The van der Waals surface area contributed by atoms with E-state index in [4.69, 9.17) is 9.47 Å². The van der Waals surface area contributed by atoms with Gasteiger partial charge in [-0.25, -0.2) is 9.59 Å². The van der Waals surface area contributed by atoms with E-state index in [1.54, 1.807) is 35.7 Å². The van der Waals surface area contributed by atoms with E-state index < -0.39 is 11.9 Å². The number of hydrogen-bond donors (Lipinski definition) is 0. The van der Waals surface area contributed by atoms with Gasteiger partial charge in [0, 0.05) is 6.20 Å². The number of aromatic nitrogens is 1. The zero-order valence-electron chi connectivity index (χ0n) is 10.0. The molecular formula is C12H12NO4P. The van der Waals surface area contributed by atoms with Crippen LogP contribution in [0.2, 0.25) is 0 Å². The highest BCUT2D eigenvalue weighted by Gasteiger charge is 2.21. The van der Waals surface area contributed by atoms with Gasteiger partial charge < -0.3 is 13.9 Å². The summed E-state index contributed by atoms with van der Waals surface area (Å²) in [5, 5.41) is 0.446. The standard InChI is InChI=1S/C12H12NO4P/c1-3-17-12(15)10-13-7-5-4-6-8(13)9(18-10)11(14)16-2/h4-7H,3H2,1-2H3. The Morgan fingerprint density at radius 3 is 2.78 bits per heavy atom. The zero-order chi connectivity index (χ0) is 13.1. The third-order valence-electron chi connectivity index (χ3n) is 2.39. The Hall–Kier alpha value is -1.87. The van der Waals surface area contributed by atoms with Crippen molar-refractivity contribution in [2.45, 2.75) is 6.92 Å². The summed E-state index contributed by atoms with van der Waals surface area (Å²) in [7, 11) is 1.83. The van der Waals surface area contributed by atoms with Crippen molar-refractivity contribution in [1.82, 2.24) is 4.40 Å². The highest BCUT2D eigenvalue weighted by atomic mass is 31.0. The van der Waals surface area contributed by atoms with Gasteiger partial charge in [-0.1, -0.05) is 6.07 Å². The van der Waals surface area contributed by atoms with Crippen LogP contribution in [-0.2, 0) is 9.47 Å². The van der Waals surface area contributed by atoms with Gasteiger partial charge in [0.05, 0.1) is 19.2 Å². The van der Waals surface area contributed by atoms with Crippen LogP contribution in [0.15, 0.2) is 24.4 Å². The number of hydrogen-bond acceptors (Lipinski definition) is 4. The van der Waals surface area contributed by atoms with E-state index in [2.05, 4.69) is 0 Å². The van der Waals surface area contributed by atoms with Gasteiger partial charge in [-0.2, -0.15) is 0 Å². The molecular weight excluding hydrogens is 253 g/mol. The van der Waals surface area contributed by atoms with E-state index in [0.717, 1.165) is 0 Å². The summed E-state index contributed by atoms with van der Waals surface area (Å²) in [5.41, 5.74) is 1.07. The molecule has 0 aromatic carbocycles. The Labute approximate surface area is 105 Å². The molecule has 2 aromatic rings. The van der Waals surface area contributed by atoms with E-state index in [1.807, 2.05) is 0 Å². The summed E-state index contributed by atoms with van der Waals surface area (Å²) < 4.78 is 11.4. The van der Waals surface area contributed by atoms with Gasteiger partial charge in [-0.3, -0.25) is 0 Å². The van der Waals surface area contributed by atoms with Crippen molar-refractivity contribution in [2.75, 3.05) is 13.7 Å². The fourth-order valence-electron chi connectivity index (χ4n) is 1.62. The third kappa shape index (κ3) is 2.09. The van der Waals surface area contributed by atoms with Crippen LogP contribution in [0.25, 0.3) is 5.52 Å². The van der Waals surface area contributed by atoms with Crippen molar-refractivity contribution in [1.29, 1.82) is 0 Å². The Morgan fingerprint density at radius 2 is 2.11 bits per heavy atom. The number of fused-ring (bicyclic) bond motifs is 1. The molecule has 0 aliphatic heterocycles. The predicted octanol–water partition coefficient (Wildman–Crippen LogP) is 2.48. The summed E-state index contributed by atoms with van der Waals surface area (Å²) in [5.74, 6) is -0.855. The Morgan fingerprint density at radius 1 is 1.33 bits per heavy atom. The van der Waals surface area contributed by atoms with Crippen LogP contribution in [0.5, 0.6) is 0 Å². The largest absolute Gasteiger partial charge is 0.465 e. The maximum atomic E-state index is 11.8. The molecule has 6 heteroatoms. The summed E-state index contributed by atoms with van der Waals surface area (Å²) in [4.78, 5) is 23.5. The fraction of sp³-hybridized carbons (Fsp3) is 0.250. The molecule has 18 heavy (non-hydrogen) atoms. The Kier molecular flexibility index (Phi) is 3.63. The normalized spacial score (nSPS) is 10.8. The molecule has 0 amide bonds. The maximum Gasteiger partial charge on any atom is 0.360 e. The number of nitrogens with zero attached hydrogens (tertiary/aromatic N) is 1. The molecule has 0 N–H and O–H groups in total. The Balaban J connectivity index is 2.61. The van der Waals surface area contributed by atoms with Crippen molar-refractivity contribution >= 4 is 25.6 Å². The molecule has 2 rings (SSSR count). The van der Waals surface area contributed by atoms with Gasteiger partial charge in [0.1, 0.15) is 5.30 Å². The Bertz CT molecular complexity index is 605. The minimum Gasteiger partial charge on any atom is -0.465 e. The predicted molar refractivity (Wildman–Crippen MR) is 67.2 cm³/mol. The van der Waals surface area contributed by atoms with Crippen molar-refractivity contribution in [2.24, 2.45) is 0 Å². The molecule has 0 atom stereocenters. The first-order chi connectivity index (χ1) is 8.69. The van der Waals surface area contributed by atoms with Crippen LogP contribution in [0.1, 0.15) is 27.2 Å². The monoisotopic (exact) mass is 265 g/mol. The van der Waals surface area contributed by atoms with Crippen molar-refractivity contribution in [3.63, 3.8) is 0 Å². The van der Waals surface area contributed by atoms with Crippen LogP contribution in [0.3, 0.4) is 0 Å². The van der Waals surface area contributed by atoms with Gasteiger partial charge in [-0.05, 0) is 27.2 Å². The SMILES string of the molecule is CCOC(=O)c1pc(C(=O)OC)c2ccccn12. The number of rotatable bonds is 3. The molecule has 0 aliphatic rings. The van der Waals surface area contributed by atoms with Gasteiger partial charge in [0.15, 0.2) is 5.43 Å². The lowest BCUT2D eigenvalue weighted by Crippen LogP contribution is -2.06. The van der Waals surface area contributed by atoms with Crippen LogP contribution in [0.4, 0.5) is 0 Å². The maximum absolute atomic E-state index is 11.8. The first-order valence-corrected chi connectivity index (χ1v) is 6.31. The first kappa shape index (κ1) is 12.6. The molecule has 2 aromatic heterocycles. The molecule has 0 bridgehead atoms. The van der Waals surface area contributed by atoms with E-state index in [1.165, 1.54) is 7.11 Å². The molecule has 0 fully saturated rings. The smallest absolute Gasteiger partial charge is 0.360 e. The summed E-state index contributed by atoms with van der Waals surface area (Å²) in [6, 6.07) is 5.36. The van der Waals surface area contributed by atoms with Crippen molar-refractivity contribution < 1.29 is 19.1 Å². The number of methoxy groups -OCH3 is 1. The quantitative estimate of drug-likeness (QED) is 0.800. The fourth-order valence-corrected chi connectivity index (χ4v) is 2.75. The van der Waals surface area contributed by atoms with Crippen LogP contribution < -0.4 is 0 Å². The molecule has 0 saturated carbocycles. The second-order valence-corrected chi connectivity index (χ2v) is 4.55. The average Bonchev–Trinajstić information content (AvgIpc) is 2.78. The molecule has 0 unspecified atom stereocenters. The molecule has 0 radical (unpaired) electrons. The third-order valence-corrected chi connectivity index (χ3v) is 3.63. The second-order valence-electron chi connectivity index (χ2n) is 3.45. The lowest BCUT2D eigenvalue weighted by Gasteiger charge is -2.01. The lowest BCUT2D eigenvalue weighted by atomic mass is 10.3. The van der Waals surface area contributed by atoms with Crippen LogP contribution in [0, 0.1) is 0 Å². The average molecular weight is 265 g/mol. The molecule has 2 heterocycles. The van der Waals surface area contributed by atoms with E-state index in [9.17, 15) is 9.59 Å². The molecule has 0 aliphatic carbocycles. The number of esters is 2. The summed E-state index contributed by atoms with van der Waals surface area (Å²) >= 11 is 0. The van der Waals surface area contributed by atoms with Gasteiger partial charge in [0.25, 0.3) is 0 Å². The highest BCUT2D eigenvalue weighted by molar-refractivity contribution is 7.35. The zero-order valence-corrected chi connectivity index (χ0v) is 10.9. The van der Waals surface area contributed by atoms with E-state index in [0.29, 0.717) is 31.0 Å². The van der Waals surface area contributed by atoms with Crippen LogP contribution in [-0.4, -0.2) is 30.1 Å². The molecule has 0 spiro atoms. The topological polar surface area (TPSA) is 57.0 Å². The molecule has 94 valence electrons. The van der Waals surface area contributed by atoms with E-state index >= 15 is 0 Å². The van der Waals surface area contributed by atoms with Crippen molar-refractivity contribution in [3.05, 3.63) is 35.1 Å². The minimum atomic E-state index is -0.434. The van der Waals surface area contributed by atoms with Crippen molar-refractivity contribution in [3.8, 4) is 0 Å². The van der Waals surface area contributed by atoms with Crippen LogP contribution >= 0.6 is 8.19 Å². The van der Waals surface area contributed by atoms with E-state index in [-0.39, 0.29) is 0 Å². The first-order valence-electron chi connectivity index (χ1n) is 5.41. The van der Waals surface area contributed by atoms with Gasteiger partial charge in [0.2, 0.25) is 0 Å². The summed E-state index contributed by atoms with van der Waals surface area (Å²) in [6.07, 6.45) is 1.73. The number of carbonyl (C=O) groups excluding carboxylic acids is 2. The number of pyridine rings is 1. The highest BCUT2D eigenvalue weighted by Crippen LogP contribution is 2.29. The second kappa shape index (κ2) is 5.19. The molecule has 0 saturated heterocycles. The van der Waals surface area contributed by atoms with Gasteiger partial charge >= 0.3 is 11.9 Å². The minimum absolute atomic E-state index is 0.300. The molecule has 5 nitrogen and oxygen atoms in total. The van der Waals surface area contributed by atoms with Gasteiger partial charge in [-0.15, -0.1) is 0 Å². The summed E-state index contributed by atoms with van der Waals surface area (Å²) in [6.45, 7) is 2.04. The lowest BCUT2D eigenvalue weighted by molar-refractivity contribution is 0.0523.